The zero-order valence-electron chi connectivity index (χ0n) is 5.86. The van der Waals surface area contributed by atoms with Crippen molar-refractivity contribution < 1.29 is 0 Å². The lowest BCUT2D eigenvalue weighted by Gasteiger charge is -1.88. The van der Waals surface area contributed by atoms with E-state index < -0.39 is 0 Å². The van der Waals surface area contributed by atoms with Crippen molar-refractivity contribution in [3.05, 3.63) is 39.0 Å². The van der Waals surface area contributed by atoms with Crippen LogP contribution < -0.4 is 0 Å². The molecule has 0 aliphatic heterocycles. The Labute approximate surface area is 73.4 Å². The minimum absolute atomic E-state index is 1.04. The zero-order chi connectivity index (χ0) is 7.52. The Morgan fingerprint density at radius 1 is 1.27 bits per heavy atom. The average molecular weight is 181 g/mol. The summed E-state index contributed by atoms with van der Waals surface area (Å²) in [5.41, 5.74) is 1.88. The molecule has 2 heterocycles. The van der Waals surface area contributed by atoms with Gasteiger partial charge in [0, 0.05) is 22.4 Å². The van der Waals surface area contributed by atoms with E-state index in [2.05, 4.69) is 22.5 Å². The van der Waals surface area contributed by atoms with Gasteiger partial charge >= 0.3 is 0 Å². The Hall–Kier alpha value is -0.670. The summed E-state index contributed by atoms with van der Waals surface area (Å²) in [6.45, 7) is 0. The molecule has 0 N–H and O–H groups in total. The summed E-state index contributed by atoms with van der Waals surface area (Å²) in [6.07, 6.45) is 2.98. The normalized spacial score (nSPS) is 10.2. The van der Waals surface area contributed by atoms with Crippen molar-refractivity contribution >= 4 is 22.7 Å². The van der Waals surface area contributed by atoms with Gasteiger partial charge in [-0.25, -0.2) is 0 Å². The smallest absolute Gasteiger partial charge is 0.0794 e. The van der Waals surface area contributed by atoms with Crippen molar-refractivity contribution in [2.24, 2.45) is 0 Å². The van der Waals surface area contributed by atoms with Crippen LogP contribution in [-0.2, 0) is 6.42 Å². The van der Waals surface area contributed by atoms with Crippen LogP contribution >= 0.6 is 22.7 Å². The monoisotopic (exact) mass is 181 g/mol. The number of hydrogen-bond donors (Lipinski definition) is 0. The fraction of sp³-hybridized carbons (Fsp3) is 0.125. The van der Waals surface area contributed by atoms with Crippen LogP contribution in [0, 0.1) is 0 Å². The van der Waals surface area contributed by atoms with Crippen LogP contribution in [0.2, 0.25) is 0 Å². The molecule has 0 bridgehead atoms. The highest BCUT2D eigenvalue weighted by Gasteiger charge is 1.96. The van der Waals surface area contributed by atoms with E-state index in [9.17, 15) is 0 Å². The zero-order valence-corrected chi connectivity index (χ0v) is 7.49. The second-order valence-corrected chi connectivity index (χ2v) is 4.23. The van der Waals surface area contributed by atoms with Crippen LogP contribution in [0.1, 0.15) is 9.75 Å². The first-order valence-electron chi connectivity index (χ1n) is 3.35. The first kappa shape index (κ1) is 7.00. The molecule has 2 aromatic rings. The lowest BCUT2D eigenvalue weighted by molar-refractivity contribution is 1.26. The molecule has 0 saturated carbocycles. The summed E-state index contributed by atoms with van der Waals surface area (Å²) >= 11 is 3.52. The number of nitrogens with zero attached hydrogens (tertiary/aromatic N) is 1. The number of rotatable bonds is 2. The van der Waals surface area contributed by atoms with Gasteiger partial charge in [0.2, 0.25) is 0 Å². The van der Waals surface area contributed by atoms with Gasteiger partial charge in [0.25, 0.3) is 0 Å². The Morgan fingerprint density at radius 3 is 2.91 bits per heavy atom. The van der Waals surface area contributed by atoms with Gasteiger partial charge in [-0.15, -0.1) is 22.7 Å². The number of thiazole rings is 1. The van der Waals surface area contributed by atoms with Gasteiger partial charge in [0.15, 0.2) is 0 Å². The maximum Gasteiger partial charge on any atom is 0.0794 e. The van der Waals surface area contributed by atoms with Crippen LogP contribution in [0.25, 0.3) is 0 Å². The second kappa shape index (κ2) is 3.15. The van der Waals surface area contributed by atoms with Gasteiger partial charge in [-0.05, 0) is 11.4 Å². The molecule has 2 rings (SSSR count). The van der Waals surface area contributed by atoms with E-state index in [-0.39, 0.29) is 0 Å². The predicted molar refractivity (Wildman–Crippen MR) is 49.2 cm³/mol. The SMILES string of the molecule is c1csc(Cc2cncs2)c1. The van der Waals surface area contributed by atoms with Gasteiger partial charge in [-0.2, -0.15) is 0 Å². The van der Waals surface area contributed by atoms with E-state index in [0.29, 0.717) is 0 Å². The van der Waals surface area contributed by atoms with Crippen molar-refractivity contribution in [2.45, 2.75) is 6.42 Å². The molecule has 0 fully saturated rings. The molecule has 0 radical (unpaired) electrons. The fourth-order valence-corrected chi connectivity index (χ4v) is 2.35. The standard InChI is InChI=1S/C8H7NS2/c1-2-7(10-3-1)4-8-5-9-6-11-8/h1-3,5-6H,4H2. The van der Waals surface area contributed by atoms with Crippen molar-refractivity contribution in [1.82, 2.24) is 4.98 Å². The summed E-state index contributed by atoms with van der Waals surface area (Å²) in [7, 11) is 0. The topological polar surface area (TPSA) is 12.9 Å². The van der Waals surface area contributed by atoms with E-state index >= 15 is 0 Å². The van der Waals surface area contributed by atoms with E-state index in [1.54, 1.807) is 22.7 Å². The third-order valence-corrected chi connectivity index (χ3v) is 3.07. The maximum atomic E-state index is 4.03. The largest absolute Gasteiger partial charge is 0.253 e. The lowest BCUT2D eigenvalue weighted by Crippen LogP contribution is -1.76. The third kappa shape index (κ3) is 1.67. The Balaban J connectivity index is 2.14. The van der Waals surface area contributed by atoms with E-state index in [4.69, 9.17) is 0 Å². The maximum absolute atomic E-state index is 4.03. The first-order valence-corrected chi connectivity index (χ1v) is 5.11. The predicted octanol–water partition coefficient (Wildman–Crippen LogP) is 2.80. The lowest BCUT2D eigenvalue weighted by atomic mass is 10.3. The summed E-state index contributed by atoms with van der Waals surface area (Å²) in [6, 6.07) is 4.24. The molecular weight excluding hydrogens is 174 g/mol. The Kier molecular flexibility index (Phi) is 2.01. The Morgan fingerprint density at radius 2 is 2.27 bits per heavy atom. The molecule has 0 aromatic carbocycles. The van der Waals surface area contributed by atoms with Gasteiger partial charge in [-0.3, -0.25) is 4.98 Å². The van der Waals surface area contributed by atoms with Crippen LogP contribution in [0.15, 0.2) is 29.2 Å². The number of thiophene rings is 1. The second-order valence-electron chi connectivity index (χ2n) is 2.22. The molecule has 0 spiro atoms. The number of hydrogen-bond acceptors (Lipinski definition) is 3. The van der Waals surface area contributed by atoms with Crippen molar-refractivity contribution in [3.8, 4) is 0 Å². The van der Waals surface area contributed by atoms with Crippen molar-refractivity contribution in [2.75, 3.05) is 0 Å². The van der Waals surface area contributed by atoms with Gasteiger partial charge in [0.05, 0.1) is 5.51 Å². The molecule has 1 nitrogen and oxygen atoms in total. The van der Waals surface area contributed by atoms with Crippen molar-refractivity contribution in [1.29, 1.82) is 0 Å². The van der Waals surface area contributed by atoms with Gasteiger partial charge < -0.3 is 0 Å². The fourth-order valence-electron chi connectivity index (χ4n) is 0.914. The van der Waals surface area contributed by atoms with Gasteiger partial charge in [0.1, 0.15) is 0 Å². The van der Waals surface area contributed by atoms with Crippen LogP contribution in [0.4, 0.5) is 0 Å². The van der Waals surface area contributed by atoms with E-state index in [1.807, 2.05) is 11.7 Å². The van der Waals surface area contributed by atoms with E-state index in [0.717, 1.165) is 6.42 Å². The molecule has 11 heavy (non-hydrogen) atoms. The molecule has 0 saturated heterocycles. The Bertz CT molecular complexity index is 264. The van der Waals surface area contributed by atoms with Crippen LogP contribution in [0.3, 0.4) is 0 Å². The summed E-state index contributed by atoms with van der Waals surface area (Å²) in [5, 5.41) is 2.11. The first-order chi connectivity index (χ1) is 5.45. The van der Waals surface area contributed by atoms with E-state index in [1.165, 1.54) is 9.75 Å². The molecular formula is C8H7NS2. The summed E-state index contributed by atoms with van der Waals surface area (Å²) < 4.78 is 0. The quantitative estimate of drug-likeness (QED) is 0.694. The highest BCUT2D eigenvalue weighted by Crippen LogP contribution is 2.16. The molecule has 0 unspecified atom stereocenters. The molecule has 0 atom stereocenters. The molecule has 56 valence electrons. The molecule has 0 aliphatic carbocycles. The summed E-state index contributed by atoms with van der Waals surface area (Å²) in [5.74, 6) is 0. The highest BCUT2D eigenvalue weighted by atomic mass is 32.1. The summed E-state index contributed by atoms with van der Waals surface area (Å²) in [4.78, 5) is 6.78. The minimum atomic E-state index is 1.04. The van der Waals surface area contributed by atoms with Crippen LogP contribution in [-0.4, -0.2) is 4.98 Å². The molecule has 0 aliphatic rings. The third-order valence-electron chi connectivity index (χ3n) is 1.41. The highest BCUT2D eigenvalue weighted by molar-refractivity contribution is 7.11. The number of aromatic nitrogens is 1. The average Bonchev–Trinajstić information content (AvgIpc) is 2.60. The molecule has 2 aromatic heterocycles. The molecule has 0 amide bonds. The van der Waals surface area contributed by atoms with Crippen LogP contribution in [0.5, 0.6) is 0 Å². The minimum Gasteiger partial charge on any atom is -0.253 e. The van der Waals surface area contributed by atoms with Crippen molar-refractivity contribution in [3.63, 3.8) is 0 Å². The molecule has 3 heteroatoms. The van der Waals surface area contributed by atoms with Gasteiger partial charge in [-0.1, -0.05) is 6.07 Å².